The average molecular weight is 254 g/mol. The Morgan fingerprint density at radius 1 is 1.39 bits per heavy atom. The highest BCUT2D eigenvalue weighted by Crippen LogP contribution is 1.96. The molecule has 1 amide bonds. The zero-order valence-electron chi connectivity index (χ0n) is 11.4. The molecule has 0 heterocycles. The van der Waals surface area contributed by atoms with Crippen molar-refractivity contribution in [3.05, 3.63) is 23.8 Å². The molecule has 0 spiro atoms. The lowest BCUT2D eigenvalue weighted by atomic mass is 10.2. The van der Waals surface area contributed by atoms with Crippen LogP contribution in [0.2, 0.25) is 0 Å². The second kappa shape index (κ2) is 8.47. The first-order valence-corrected chi connectivity index (χ1v) is 5.90. The molecule has 0 radical (unpaired) electrons. The van der Waals surface area contributed by atoms with Gasteiger partial charge in [-0.2, -0.15) is 0 Å². The summed E-state index contributed by atoms with van der Waals surface area (Å²) in [4.78, 5) is 22.8. The van der Waals surface area contributed by atoms with Crippen molar-refractivity contribution in [3.63, 3.8) is 0 Å². The number of carbonyl (C=O) groups excluding carboxylic acids is 2. The molecule has 0 aliphatic carbocycles. The van der Waals surface area contributed by atoms with Crippen LogP contribution in [0.1, 0.15) is 27.7 Å². The number of allylic oxidation sites excluding steroid dienone is 3. The van der Waals surface area contributed by atoms with Gasteiger partial charge in [0, 0.05) is 0 Å². The fraction of sp³-hybridized carbons (Fsp3) is 0.538. The number of nitrogens with two attached hydrogens (primary N) is 1. The van der Waals surface area contributed by atoms with Gasteiger partial charge >= 0.3 is 5.97 Å². The number of amides is 1. The first kappa shape index (κ1) is 16.4. The molecule has 0 saturated heterocycles. The summed E-state index contributed by atoms with van der Waals surface area (Å²) in [6, 6.07) is -1.34. The highest BCUT2D eigenvalue weighted by Gasteiger charge is 2.18. The Labute approximate surface area is 108 Å². The highest BCUT2D eigenvalue weighted by atomic mass is 16.5. The fourth-order valence-electron chi connectivity index (χ4n) is 1.11. The van der Waals surface area contributed by atoms with E-state index in [1.54, 1.807) is 19.9 Å². The summed E-state index contributed by atoms with van der Waals surface area (Å²) in [6.07, 6.45) is 5.60. The minimum absolute atomic E-state index is 0.188. The molecule has 0 aromatic carbocycles. The van der Waals surface area contributed by atoms with Gasteiger partial charge in [0.15, 0.2) is 0 Å². The lowest BCUT2D eigenvalue weighted by Gasteiger charge is -2.14. The molecule has 0 aromatic heterocycles. The van der Waals surface area contributed by atoms with Crippen LogP contribution in [0.4, 0.5) is 0 Å². The molecule has 0 aromatic rings. The Bertz CT molecular complexity index is 346. The van der Waals surface area contributed by atoms with Gasteiger partial charge in [-0.15, -0.1) is 0 Å². The second-order valence-corrected chi connectivity index (χ2v) is 4.10. The monoisotopic (exact) mass is 254 g/mol. The van der Waals surface area contributed by atoms with E-state index < -0.39 is 18.1 Å². The average Bonchev–Trinajstić information content (AvgIpc) is 2.28. The van der Waals surface area contributed by atoms with Crippen LogP contribution in [0.25, 0.3) is 0 Å². The van der Waals surface area contributed by atoms with Crippen molar-refractivity contribution in [3.8, 4) is 0 Å². The van der Waals surface area contributed by atoms with Crippen molar-refractivity contribution in [2.75, 3.05) is 6.61 Å². The van der Waals surface area contributed by atoms with Crippen LogP contribution in [0.3, 0.4) is 0 Å². The SMILES string of the molecule is C/C=C/C(C)=C/COC(=O)C(C)NC(=O)[C@H](C)N. The molecule has 3 N–H and O–H groups in total. The Hall–Kier alpha value is -1.62. The smallest absolute Gasteiger partial charge is 0.328 e. The molecule has 0 bridgehead atoms. The largest absolute Gasteiger partial charge is 0.460 e. The molecule has 2 atom stereocenters. The molecule has 102 valence electrons. The number of esters is 1. The molecule has 0 aliphatic rings. The van der Waals surface area contributed by atoms with Crippen LogP contribution in [0.5, 0.6) is 0 Å². The topological polar surface area (TPSA) is 81.4 Å². The van der Waals surface area contributed by atoms with Crippen LogP contribution in [-0.2, 0) is 14.3 Å². The minimum Gasteiger partial charge on any atom is -0.460 e. The first-order valence-electron chi connectivity index (χ1n) is 5.90. The lowest BCUT2D eigenvalue weighted by Crippen LogP contribution is -2.46. The van der Waals surface area contributed by atoms with Crippen LogP contribution in [0.15, 0.2) is 23.8 Å². The van der Waals surface area contributed by atoms with Gasteiger partial charge in [0.05, 0.1) is 6.04 Å². The van der Waals surface area contributed by atoms with Gasteiger partial charge in [0.1, 0.15) is 12.6 Å². The third kappa shape index (κ3) is 6.85. The van der Waals surface area contributed by atoms with Gasteiger partial charge in [-0.25, -0.2) is 4.79 Å². The molecular weight excluding hydrogens is 232 g/mol. The summed E-state index contributed by atoms with van der Waals surface area (Å²) >= 11 is 0. The number of carbonyl (C=O) groups is 2. The number of rotatable bonds is 6. The van der Waals surface area contributed by atoms with E-state index in [-0.39, 0.29) is 12.5 Å². The second-order valence-electron chi connectivity index (χ2n) is 4.10. The van der Waals surface area contributed by atoms with Crippen LogP contribution in [0, 0.1) is 0 Å². The van der Waals surface area contributed by atoms with Crippen molar-refractivity contribution >= 4 is 11.9 Å². The van der Waals surface area contributed by atoms with E-state index in [9.17, 15) is 9.59 Å². The van der Waals surface area contributed by atoms with Gasteiger partial charge in [-0.3, -0.25) is 4.79 Å². The van der Waals surface area contributed by atoms with E-state index in [4.69, 9.17) is 10.5 Å². The molecule has 1 unspecified atom stereocenters. The lowest BCUT2D eigenvalue weighted by molar-refractivity contribution is -0.146. The van der Waals surface area contributed by atoms with Crippen molar-refractivity contribution in [2.24, 2.45) is 5.73 Å². The van der Waals surface area contributed by atoms with Crippen molar-refractivity contribution in [1.29, 1.82) is 0 Å². The summed E-state index contributed by atoms with van der Waals surface area (Å²) in [5.74, 6) is -0.853. The van der Waals surface area contributed by atoms with Crippen molar-refractivity contribution in [1.82, 2.24) is 5.32 Å². The molecular formula is C13H22N2O3. The number of nitrogens with one attached hydrogen (secondary N) is 1. The molecule has 0 fully saturated rings. The van der Waals surface area contributed by atoms with Gasteiger partial charge in [0.25, 0.3) is 0 Å². The summed E-state index contributed by atoms with van der Waals surface area (Å²) in [5.41, 5.74) is 6.39. The Morgan fingerprint density at radius 2 is 2.00 bits per heavy atom. The maximum atomic E-state index is 11.5. The Morgan fingerprint density at radius 3 is 2.50 bits per heavy atom. The predicted octanol–water partition coefficient (Wildman–Crippen LogP) is 0.904. The van der Waals surface area contributed by atoms with Crippen molar-refractivity contribution < 1.29 is 14.3 Å². The molecule has 18 heavy (non-hydrogen) atoms. The first-order chi connectivity index (χ1) is 8.38. The highest BCUT2D eigenvalue weighted by molar-refractivity contribution is 5.86. The van der Waals surface area contributed by atoms with E-state index in [0.29, 0.717) is 0 Å². The van der Waals surface area contributed by atoms with Crippen LogP contribution in [-0.4, -0.2) is 30.6 Å². The van der Waals surface area contributed by atoms with E-state index in [0.717, 1.165) is 5.57 Å². The fourth-order valence-corrected chi connectivity index (χ4v) is 1.11. The third-order valence-corrected chi connectivity index (χ3v) is 2.19. The standard InChI is InChI=1S/C13H22N2O3/c1-5-6-9(2)7-8-18-13(17)11(4)15-12(16)10(3)14/h5-7,10-11H,8,14H2,1-4H3,(H,15,16)/b6-5+,9-7+/t10-,11?/m0/s1. The molecule has 5 heteroatoms. The molecule has 0 rings (SSSR count). The minimum atomic E-state index is -0.695. The summed E-state index contributed by atoms with van der Waals surface area (Å²) < 4.78 is 5.00. The predicted molar refractivity (Wildman–Crippen MR) is 70.8 cm³/mol. The van der Waals surface area contributed by atoms with Crippen LogP contribution < -0.4 is 11.1 Å². The quantitative estimate of drug-likeness (QED) is 0.545. The zero-order chi connectivity index (χ0) is 14.1. The maximum absolute atomic E-state index is 11.5. The van der Waals surface area contributed by atoms with Crippen molar-refractivity contribution in [2.45, 2.75) is 39.8 Å². The van der Waals surface area contributed by atoms with E-state index in [1.165, 1.54) is 0 Å². The van der Waals surface area contributed by atoms with Gasteiger partial charge in [-0.1, -0.05) is 17.7 Å². The Kier molecular flexibility index (Phi) is 7.71. The van der Waals surface area contributed by atoms with E-state index in [2.05, 4.69) is 5.32 Å². The van der Waals surface area contributed by atoms with Gasteiger partial charge in [-0.05, 0) is 33.8 Å². The molecule has 0 saturated carbocycles. The number of hydrogen-bond acceptors (Lipinski definition) is 4. The molecule has 0 aliphatic heterocycles. The maximum Gasteiger partial charge on any atom is 0.328 e. The molecule has 5 nitrogen and oxygen atoms in total. The Balaban J connectivity index is 4.10. The van der Waals surface area contributed by atoms with E-state index >= 15 is 0 Å². The van der Waals surface area contributed by atoms with Crippen LogP contribution >= 0.6 is 0 Å². The third-order valence-electron chi connectivity index (χ3n) is 2.19. The number of hydrogen-bond donors (Lipinski definition) is 2. The summed E-state index contributed by atoms with van der Waals surface area (Å²) in [5, 5.41) is 2.47. The van der Waals surface area contributed by atoms with Gasteiger partial charge < -0.3 is 15.8 Å². The normalized spacial score (nSPS) is 15.3. The number of ether oxygens (including phenoxy) is 1. The zero-order valence-corrected chi connectivity index (χ0v) is 11.4. The van der Waals surface area contributed by atoms with E-state index in [1.807, 2.05) is 26.0 Å². The van der Waals surface area contributed by atoms with Gasteiger partial charge in [0.2, 0.25) is 5.91 Å². The summed E-state index contributed by atoms with van der Waals surface area (Å²) in [6.45, 7) is 7.12. The summed E-state index contributed by atoms with van der Waals surface area (Å²) in [7, 11) is 0.